The Morgan fingerprint density at radius 2 is 2.10 bits per heavy atom. The van der Waals surface area contributed by atoms with Gasteiger partial charge in [0.05, 0.1) is 12.4 Å². The first-order chi connectivity index (χ1) is 9.50. The fourth-order valence-electron chi connectivity index (χ4n) is 1.80. The first-order valence-electron chi connectivity index (χ1n) is 5.82. The van der Waals surface area contributed by atoms with E-state index in [9.17, 15) is 9.59 Å². The fourth-order valence-corrected chi connectivity index (χ4v) is 2.43. The molecule has 104 valence electrons. The number of carboxylic acids is 1. The number of hydrogen-bond donors (Lipinski definition) is 3. The third kappa shape index (κ3) is 2.88. The van der Waals surface area contributed by atoms with E-state index in [-0.39, 0.29) is 17.4 Å². The number of amides is 1. The zero-order valence-corrected chi connectivity index (χ0v) is 12.1. The van der Waals surface area contributed by atoms with Crippen molar-refractivity contribution in [3.63, 3.8) is 0 Å². The number of hydrogen-bond acceptors (Lipinski definition) is 3. The van der Waals surface area contributed by atoms with Crippen molar-refractivity contribution in [1.82, 2.24) is 15.3 Å². The summed E-state index contributed by atoms with van der Waals surface area (Å²) in [6.07, 6.45) is 1.18. The van der Waals surface area contributed by atoms with Crippen LogP contribution >= 0.6 is 15.9 Å². The molecule has 20 heavy (non-hydrogen) atoms. The monoisotopic (exact) mass is 337 g/mol. The molecule has 0 spiro atoms. The van der Waals surface area contributed by atoms with E-state index in [0.717, 1.165) is 10.0 Å². The number of aromatic amines is 1. The van der Waals surface area contributed by atoms with Crippen molar-refractivity contribution in [1.29, 1.82) is 0 Å². The summed E-state index contributed by atoms with van der Waals surface area (Å²) in [6.45, 7) is 1.81. The molecule has 2 rings (SSSR count). The van der Waals surface area contributed by atoms with Gasteiger partial charge in [0.25, 0.3) is 5.91 Å². The first-order valence-corrected chi connectivity index (χ1v) is 6.62. The van der Waals surface area contributed by atoms with Crippen LogP contribution in [0.25, 0.3) is 0 Å². The van der Waals surface area contributed by atoms with Crippen LogP contribution in [0.4, 0.5) is 0 Å². The zero-order valence-electron chi connectivity index (χ0n) is 10.6. The van der Waals surface area contributed by atoms with Crippen molar-refractivity contribution < 1.29 is 14.7 Å². The van der Waals surface area contributed by atoms with E-state index in [2.05, 4.69) is 31.2 Å². The number of halogens is 1. The number of carbonyl (C=O) groups excluding carboxylic acids is 1. The van der Waals surface area contributed by atoms with E-state index in [1.807, 2.05) is 31.2 Å². The highest BCUT2D eigenvalue weighted by Gasteiger charge is 2.21. The highest BCUT2D eigenvalue weighted by Crippen LogP contribution is 2.23. The summed E-state index contributed by atoms with van der Waals surface area (Å²) in [6, 6.07) is 7.20. The molecule has 1 heterocycles. The van der Waals surface area contributed by atoms with E-state index in [4.69, 9.17) is 5.11 Å². The molecule has 0 aliphatic rings. The molecule has 3 N–H and O–H groups in total. The Morgan fingerprint density at radius 3 is 2.75 bits per heavy atom. The Bertz CT molecular complexity index is 654. The SMILES string of the molecule is C[C@@H](NC(=O)c1nc[nH]c1C(=O)O)c1ccccc1Br. The lowest BCUT2D eigenvalue weighted by Gasteiger charge is -2.15. The maximum atomic E-state index is 12.1. The van der Waals surface area contributed by atoms with E-state index in [0.29, 0.717) is 0 Å². The number of benzene rings is 1. The topological polar surface area (TPSA) is 95.1 Å². The Balaban J connectivity index is 2.18. The van der Waals surface area contributed by atoms with Crippen LogP contribution < -0.4 is 5.32 Å². The molecule has 2 aromatic rings. The smallest absolute Gasteiger partial charge is 0.354 e. The lowest BCUT2D eigenvalue weighted by atomic mass is 10.1. The van der Waals surface area contributed by atoms with Gasteiger partial charge in [0, 0.05) is 4.47 Å². The van der Waals surface area contributed by atoms with Crippen LogP contribution in [0.2, 0.25) is 0 Å². The molecule has 0 radical (unpaired) electrons. The number of carbonyl (C=O) groups is 2. The molecule has 0 unspecified atom stereocenters. The summed E-state index contributed by atoms with van der Waals surface area (Å²) in [4.78, 5) is 29.2. The fraction of sp³-hybridized carbons (Fsp3) is 0.154. The molecule has 1 aromatic carbocycles. The Labute approximate surface area is 123 Å². The lowest BCUT2D eigenvalue weighted by Crippen LogP contribution is -2.28. The van der Waals surface area contributed by atoms with Gasteiger partial charge in [-0.15, -0.1) is 0 Å². The van der Waals surface area contributed by atoms with Gasteiger partial charge >= 0.3 is 5.97 Å². The number of aromatic nitrogens is 2. The van der Waals surface area contributed by atoms with Gasteiger partial charge < -0.3 is 15.4 Å². The normalized spacial score (nSPS) is 11.9. The van der Waals surface area contributed by atoms with Crippen molar-refractivity contribution in [3.8, 4) is 0 Å². The highest BCUT2D eigenvalue weighted by atomic mass is 79.9. The molecular formula is C13H12BrN3O3. The quantitative estimate of drug-likeness (QED) is 0.798. The first kappa shape index (κ1) is 14.3. The van der Waals surface area contributed by atoms with Gasteiger partial charge in [-0.25, -0.2) is 9.78 Å². The van der Waals surface area contributed by atoms with E-state index in [1.165, 1.54) is 6.33 Å². The maximum Gasteiger partial charge on any atom is 0.354 e. The van der Waals surface area contributed by atoms with Crippen LogP contribution in [0.15, 0.2) is 35.1 Å². The Morgan fingerprint density at radius 1 is 1.40 bits per heavy atom. The molecule has 0 aliphatic heterocycles. The summed E-state index contributed by atoms with van der Waals surface area (Å²) in [5.41, 5.74) is 0.548. The largest absolute Gasteiger partial charge is 0.477 e. The molecule has 0 bridgehead atoms. The van der Waals surface area contributed by atoms with Gasteiger partial charge in [-0.05, 0) is 18.6 Å². The number of nitrogens with zero attached hydrogens (tertiary/aromatic N) is 1. The number of carboxylic acid groups (broad SMARTS) is 1. The average Bonchev–Trinajstić information content (AvgIpc) is 2.88. The minimum atomic E-state index is -1.22. The van der Waals surface area contributed by atoms with Gasteiger partial charge in [0.2, 0.25) is 0 Å². The number of H-pyrrole nitrogens is 1. The molecule has 0 fully saturated rings. The summed E-state index contributed by atoms with van der Waals surface area (Å²) in [5, 5.41) is 11.7. The maximum absolute atomic E-state index is 12.1. The standard InChI is InChI=1S/C13H12BrN3O3/c1-7(8-4-2-3-5-9(8)14)17-12(18)10-11(13(19)20)16-6-15-10/h2-7H,1H3,(H,15,16)(H,17,18)(H,19,20)/t7-/m1/s1. The summed E-state index contributed by atoms with van der Waals surface area (Å²) < 4.78 is 0.869. The average molecular weight is 338 g/mol. The number of imidazole rings is 1. The van der Waals surface area contributed by atoms with Gasteiger partial charge in [-0.2, -0.15) is 0 Å². The second-order valence-corrected chi connectivity index (χ2v) is 5.00. The molecule has 0 saturated carbocycles. The van der Waals surface area contributed by atoms with Crippen molar-refractivity contribution >= 4 is 27.8 Å². The van der Waals surface area contributed by atoms with Gasteiger partial charge in [0.15, 0.2) is 11.4 Å². The second kappa shape index (κ2) is 5.87. The van der Waals surface area contributed by atoms with Crippen LogP contribution in [-0.4, -0.2) is 27.0 Å². The van der Waals surface area contributed by atoms with Crippen LogP contribution in [0.1, 0.15) is 39.5 Å². The second-order valence-electron chi connectivity index (χ2n) is 4.15. The number of aromatic carboxylic acids is 1. The van der Waals surface area contributed by atoms with Crippen molar-refractivity contribution in [2.45, 2.75) is 13.0 Å². The minimum absolute atomic E-state index is 0.128. The van der Waals surface area contributed by atoms with Crippen molar-refractivity contribution in [2.75, 3.05) is 0 Å². The van der Waals surface area contributed by atoms with E-state index in [1.54, 1.807) is 0 Å². The number of rotatable bonds is 4. The highest BCUT2D eigenvalue weighted by molar-refractivity contribution is 9.10. The Kier molecular flexibility index (Phi) is 4.19. The summed E-state index contributed by atoms with van der Waals surface area (Å²) >= 11 is 3.41. The molecule has 0 aliphatic carbocycles. The predicted octanol–water partition coefficient (Wildman–Crippen LogP) is 2.36. The van der Waals surface area contributed by atoms with Crippen LogP contribution in [-0.2, 0) is 0 Å². The van der Waals surface area contributed by atoms with Gasteiger partial charge in [0.1, 0.15) is 0 Å². The predicted molar refractivity (Wildman–Crippen MR) is 75.6 cm³/mol. The molecule has 1 aromatic heterocycles. The van der Waals surface area contributed by atoms with Crippen LogP contribution in [0.5, 0.6) is 0 Å². The Hall–Kier alpha value is -2.15. The summed E-state index contributed by atoms with van der Waals surface area (Å²) in [5.74, 6) is -1.76. The molecule has 6 nitrogen and oxygen atoms in total. The molecule has 1 amide bonds. The zero-order chi connectivity index (χ0) is 14.7. The van der Waals surface area contributed by atoms with Crippen LogP contribution in [0.3, 0.4) is 0 Å². The van der Waals surface area contributed by atoms with Gasteiger partial charge in [-0.1, -0.05) is 34.1 Å². The third-order valence-corrected chi connectivity index (χ3v) is 3.51. The van der Waals surface area contributed by atoms with E-state index < -0.39 is 11.9 Å². The number of nitrogens with one attached hydrogen (secondary N) is 2. The lowest BCUT2D eigenvalue weighted by molar-refractivity contribution is 0.0684. The van der Waals surface area contributed by atoms with Crippen molar-refractivity contribution in [3.05, 3.63) is 52.0 Å². The minimum Gasteiger partial charge on any atom is -0.477 e. The molecule has 0 saturated heterocycles. The van der Waals surface area contributed by atoms with Crippen LogP contribution in [0, 0.1) is 0 Å². The molecule has 1 atom stereocenters. The van der Waals surface area contributed by atoms with Crippen molar-refractivity contribution in [2.24, 2.45) is 0 Å². The molecule has 7 heteroatoms. The van der Waals surface area contributed by atoms with E-state index >= 15 is 0 Å². The third-order valence-electron chi connectivity index (χ3n) is 2.79. The summed E-state index contributed by atoms with van der Waals surface area (Å²) in [7, 11) is 0. The molecular weight excluding hydrogens is 326 g/mol. The van der Waals surface area contributed by atoms with Gasteiger partial charge in [-0.3, -0.25) is 4.79 Å².